The van der Waals surface area contributed by atoms with Crippen LogP contribution in [0.5, 0.6) is 0 Å². The summed E-state index contributed by atoms with van der Waals surface area (Å²) in [4.78, 5) is 2.51. The lowest BCUT2D eigenvalue weighted by Gasteiger charge is -2.31. The van der Waals surface area contributed by atoms with Crippen LogP contribution in [0.4, 0.5) is 0 Å². The van der Waals surface area contributed by atoms with Gasteiger partial charge in [0.2, 0.25) is 0 Å². The molecule has 0 saturated carbocycles. The Hall–Kier alpha value is -0.0400. The van der Waals surface area contributed by atoms with Crippen LogP contribution in [0.3, 0.4) is 0 Å². The first kappa shape index (κ1) is 12.0. The molecule has 0 aromatic rings. The summed E-state index contributed by atoms with van der Waals surface area (Å²) < 4.78 is 0. The molecule has 1 heteroatoms. The Balaban J connectivity index is 0.000000561. The fourth-order valence-electron chi connectivity index (χ4n) is 2.01. The van der Waals surface area contributed by atoms with Crippen LogP contribution in [0, 0.1) is 0 Å². The minimum absolute atomic E-state index is 0.536. The predicted molar refractivity (Wildman–Crippen MR) is 56.5 cm³/mol. The maximum absolute atomic E-state index is 2.51. The molecule has 1 aliphatic heterocycles. The molecule has 1 unspecified atom stereocenters. The third kappa shape index (κ3) is 2.78. The Morgan fingerprint density at radius 3 is 2.25 bits per heavy atom. The summed E-state index contributed by atoms with van der Waals surface area (Å²) in [6, 6.07) is 0. The Morgan fingerprint density at radius 2 is 1.92 bits per heavy atom. The van der Waals surface area contributed by atoms with Crippen molar-refractivity contribution in [2.45, 2.75) is 58.9 Å². The average molecular weight is 171 g/mol. The predicted octanol–water partition coefficient (Wildman–Crippen LogP) is 3.30. The van der Waals surface area contributed by atoms with Gasteiger partial charge in [-0.3, -0.25) is 0 Å². The lowest BCUT2D eigenvalue weighted by molar-refractivity contribution is 0.181. The van der Waals surface area contributed by atoms with Gasteiger partial charge in [-0.1, -0.05) is 27.2 Å². The third-order valence-electron chi connectivity index (χ3n) is 2.92. The molecule has 0 aromatic heterocycles. The maximum Gasteiger partial charge on any atom is 0.0178 e. The monoisotopic (exact) mass is 171 g/mol. The molecule has 1 saturated heterocycles. The summed E-state index contributed by atoms with van der Waals surface area (Å²) in [7, 11) is 2.25. The molecule has 1 fully saturated rings. The Morgan fingerprint density at radius 1 is 1.33 bits per heavy atom. The molecule has 0 amide bonds. The fraction of sp³-hybridized carbons (Fsp3) is 1.00. The van der Waals surface area contributed by atoms with E-state index in [4.69, 9.17) is 0 Å². The minimum atomic E-state index is 0.536. The van der Waals surface area contributed by atoms with Crippen molar-refractivity contribution in [2.24, 2.45) is 0 Å². The second-order valence-corrected chi connectivity index (χ2v) is 3.77. The third-order valence-corrected chi connectivity index (χ3v) is 2.92. The van der Waals surface area contributed by atoms with Crippen molar-refractivity contribution in [3.05, 3.63) is 0 Å². The van der Waals surface area contributed by atoms with Crippen LogP contribution in [0.2, 0.25) is 0 Å². The molecule has 1 atom stereocenters. The van der Waals surface area contributed by atoms with Gasteiger partial charge in [-0.15, -0.1) is 0 Å². The quantitative estimate of drug-likeness (QED) is 0.616. The van der Waals surface area contributed by atoms with E-state index in [1.165, 1.54) is 32.2 Å². The zero-order valence-electron chi connectivity index (χ0n) is 9.48. The van der Waals surface area contributed by atoms with E-state index in [0.717, 1.165) is 0 Å². The van der Waals surface area contributed by atoms with Gasteiger partial charge < -0.3 is 4.90 Å². The zero-order chi connectivity index (χ0) is 9.61. The zero-order valence-corrected chi connectivity index (χ0v) is 9.48. The average Bonchev–Trinajstić information content (AvgIpc) is 2.37. The molecule has 0 spiro atoms. The number of likely N-dealkylation sites (tertiary alicyclic amines) is 1. The molecule has 1 rings (SSSR count). The number of hydrogen-bond donors (Lipinski definition) is 0. The standard InChI is InChI=1S/C9H19N.C2H6/c1-4-6-9(2)7-5-8-10(9)3;1-2/h4-8H2,1-3H3;1-2H3. The van der Waals surface area contributed by atoms with E-state index >= 15 is 0 Å². The van der Waals surface area contributed by atoms with Crippen molar-refractivity contribution in [1.82, 2.24) is 4.90 Å². The van der Waals surface area contributed by atoms with Gasteiger partial charge in [0, 0.05) is 5.54 Å². The van der Waals surface area contributed by atoms with Crippen molar-refractivity contribution < 1.29 is 0 Å². The molecular formula is C11H25N. The van der Waals surface area contributed by atoms with E-state index in [0.29, 0.717) is 5.54 Å². The largest absolute Gasteiger partial charge is 0.301 e. The molecule has 74 valence electrons. The Bertz CT molecular complexity index is 112. The van der Waals surface area contributed by atoms with E-state index in [1.54, 1.807) is 0 Å². The van der Waals surface area contributed by atoms with Crippen LogP contribution in [-0.2, 0) is 0 Å². The van der Waals surface area contributed by atoms with Crippen molar-refractivity contribution in [3.8, 4) is 0 Å². The second kappa shape index (κ2) is 5.58. The van der Waals surface area contributed by atoms with Crippen molar-refractivity contribution >= 4 is 0 Å². The minimum Gasteiger partial charge on any atom is -0.301 e. The van der Waals surface area contributed by atoms with Gasteiger partial charge in [0.1, 0.15) is 0 Å². The molecule has 0 aliphatic carbocycles. The first-order chi connectivity index (χ1) is 5.69. The van der Waals surface area contributed by atoms with Gasteiger partial charge in [-0.05, 0) is 39.8 Å². The molecule has 0 bridgehead atoms. The van der Waals surface area contributed by atoms with Crippen LogP contribution in [0.15, 0.2) is 0 Å². The van der Waals surface area contributed by atoms with Gasteiger partial charge in [-0.25, -0.2) is 0 Å². The summed E-state index contributed by atoms with van der Waals surface area (Å²) >= 11 is 0. The SMILES string of the molecule is CC.CCCC1(C)CCCN1C. The van der Waals surface area contributed by atoms with Gasteiger partial charge in [0.15, 0.2) is 0 Å². The summed E-state index contributed by atoms with van der Waals surface area (Å²) in [5, 5.41) is 0. The highest BCUT2D eigenvalue weighted by molar-refractivity contribution is 4.89. The van der Waals surface area contributed by atoms with Crippen LogP contribution in [-0.4, -0.2) is 24.0 Å². The van der Waals surface area contributed by atoms with Gasteiger partial charge in [0.05, 0.1) is 0 Å². The number of rotatable bonds is 2. The summed E-state index contributed by atoms with van der Waals surface area (Å²) in [5.74, 6) is 0. The van der Waals surface area contributed by atoms with Gasteiger partial charge in [-0.2, -0.15) is 0 Å². The van der Waals surface area contributed by atoms with Crippen molar-refractivity contribution in [1.29, 1.82) is 0 Å². The smallest absolute Gasteiger partial charge is 0.0178 e. The van der Waals surface area contributed by atoms with E-state index < -0.39 is 0 Å². The lowest BCUT2D eigenvalue weighted by Crippen LogP contribution is -2.37. The summed E-state index contributed by atoms with van der Waals surface area (Å²) in [6.45, 7) is 9.97. The van der Waals surface area contributed by atoms with Crippen LogP contribution >= 0.6 is 0 Å². The highest BCUT2D eigenvalue weighted by Gasteiger charge is 2.32. The highest BCUT2D eigenvalue weighted by Crippen LogP contribution is 2.30. The summed E-state index contributed by atoms with van der Waals surface area (Å²) in [6.07, 6.45) is 5.48. The van der Waals surface area contributed by atoms with Gasteiger partial charge in [0.25, 0.3) is 0 Å². The van der Waals surface area contributed by atoms with E-state index in [9.17, 15) is 0 Å². The summed E-state index contributed by atoms with van der Waals surface area (Å²) in [5.41, 5.74) is 0.536. The molecule has 12 heavy (non-hydrogen) atoms. The van der Waals surface area contributed by atoms with E-state index in [-0.39, 0.29) is 0 Å². The molecule has 1 nitrogen and oxygen atoms in total. The number of hydrogen-bond acceptors (Lipinski definition) is 1. The van der Waals surface area contributed by atoms with E-state index in [1.807, 2.05) is 13.8 Å². The highest BCUT2D eigenvalue weighted by atomic mass is 15.2. The second-order valence-electron chi connectivity index (χ2n) is 3.77. The van der Waals surface area contributed by atoms with Crippen LogP contribution < -0.4 is 0 Å². The normalized spacial score (nSPS) is 29.8. The van der Waals surface area contributed by atoms with Crippen molar-refractivity contribution in [3.63, 3.8) is 0 Å². The van der Waals surface area contributed by atoms with Gasteiger partial charge >= 0.3 is 0 Å². The van der Waals surface area contributed by atoms with E-state index in [2.05, 4.69) is 25.8 Å². The Kier molecular flexibility index (Phi) is 5.56. The topological polar surface area (TPSA) is 3.24 Å². The number of nitrogens with zero attached hydrogens (tertiary/aromatic N) is 1. The molecule has 1 heterocycles. The first-order valence-corrected chi connectivity index (χ1v) is 5.40. The molecule has 1 aliphatic rings. The molecular weight excluding hydrogens is 146 g/mol. The molecule has 0 radical (unpaired) electrons. The lowest BCUT2D eigenvalue weighted by atomic mass is 9.94. The van der Waals surface area contributed by atoms with Crippen LogP contribution in [0.1, 0.15) is 53.4 Å². The van der Waals surface area contributed by atoms with Crippen LogP contribution in [0.25, 0.3) is 0 Å². The maximum atomic E-state index is 2.51. The molecule has 0 aromatic carbocycles. The Labute approximate surface area is 78.1 Å². The van der Waals surface area contributed by atoms with Crippen molar-refractivity contribution in [2.75, 3.05) is 13.6 Å². The first-order valence-electron chi connectivity index (χ1n) is 5.40. The fourth-order valence-corrected chi connectivity index (χ4v) is 2.01. The molecule has 0 N–H and O–H groups in total.